The van der Waals surface area contributed by atoms with Gasteiger partial charge in [-0.3, -0.25) is 10.5 Å². The predicted molar refractivity (Wildman–Crippen MR) is 20.1 cm³/mol. The van der Waals surface area contributed by atoms with Crippen molar-refractivity contribution in [1.82, 2.24) is 0 Å². The van der Waals surface area contributed by atoms with E-state index in [9.17, 15) is 0 Å². The van der Waals surface area contributed by atoms with Crippen molar-refractivity contribution in [2.24, 2.45) is 0 Å². The van der Waals surface area contributed by atoms with Crippen molar-refractivity contribution in [3.63, 3.8) is 0 Å². The summed E-state index contributed by atoms with van der Waals surface area (Å²) in [6.07, 6.45) is 0. The zero-order valence-corrected chi connectivity index (χ0v) is 5.32. The summed E-state index contributed by atoms with van der Waals surface area (Å²) in [6.45, 7) is 0. The molecule has 0 aliphatic rings. The van der Waals surface area contributed by atoms with E-state index in [4.69, 9.17) is 10.5 Å². The molecule has 37 valence electrons. The minimum absolute atomic E-state index is 0. The SMILES string of the molecule is Cl.OO.[S]=[Rh]. The van der Waals surface area contributed by atoms with Crippen LogP contribution in [-0.2, 0) is 16.6 Å². The molecule has 0 unspecified atom stereocenters. The average Bonchev–Trinajstić information content (AvgIpc) is 1.50. The second-order valence-corrected chi connectivity index (χ2v) is 0. The number of rotatable bonds is 0. The Bertz CT molecular complexity index is 9.61. The van der Waals surface area contributed by atoms with Gasteiger partial charge in [0, 0.05) is 0 Å². The van der Waals surface area contributed by atoms with Gasteiger partial charge in [-0.05, 0) is 0 Å². The van der Waals surface area contributed by atoms with Crippen molar-refractivity contribution in [2.75, 3.05) is 0 Å². The molecular formula is H3ClO2RhS. The third kappa shape index (κ3) is 42.5. The second kappa shape index (κ2) is 74.8. The van der Waals surface area contributed by atoms with E-state index in [1.165, 1.54) is 0 Å². The van der Waals surface area contributed by atoms with Crippen molar-refractivity contribution in [1.29, 1.82) is 0 Å². The number of hydrogen-bond acceptors (Lipinski definition) is 3. The molecule has 0 aliphatic heterocycles. The van der Waals surface area contributed by atoms with E-state index in [-0.39, 0.29) is 12.4 Å². The maximum atomic E-state index is 6.00. The van der Waals surface area contributed by atoms with Crippen LogP contribution in [0.25, 0.3) is 0 Å². The van der Waals surface area contributed by atoms with Crippen molar-refractivity contribution < 1.29 is 27.1 Å². The van der Waals surface area contributed by atoms with E-state index in [2.05, 4.69) is 26.7 Å². The summed E-state index contributed by atoms with van der Waals surface area (Å²) in [5.74, 6) is 0. The van der Waals surface area contributed by atoms with Crippen LogP contribution in [-0.4, -0.2) is 10.5 Å². The fourth-order valence-electron chi connectivity index (χ4n) is 0. The van der Waals surface area contributed by atoms with Crippen LogP contribution in [0.5, 0.6) is 0 Å². The molecule has 0 amide bonds. The second-order valence-electron chi connectivity index (χ2n) is 0. The minimum atomic E-state index is 0. The van der Waals surface area contributed by atoms with Crippen molar-refractivity contribution in [3.05, 3.63) is 0 Å². The quantitative estimate of drug-likeness (QED) is 0.353. The van der Waals surface area contributed by atoms with E-state index in [1.54, 1.807) is 0 Å². The van der Waals surface area contributed by atoms with Gasteiger partial charge in [-0.25, -0.2) is 0 Å². The molecule has 0 bridgehead atoms. The molecule has 0 saturated carbocycles. The third-order valence-electron chi connectivity index (χ3n) is 0. The van der Waals surface area contributed by atoms with Gasteiger partial charge in [-0.2, -0.15) is 0 Å². The topological polar surface area (TPSA) is 40.5 Å². The van der Waals surface area contributed by atoms with E-state index in [0.717, 1.165) is 0 Å². The van der Waals surface area contributed by atoms with Gasteiger partial charge >= 0.3 is 26.7 Å². The van der Waals surface area contributed by atoms with Crippen LogP contribution in [0.15, 0.2) is 0 Å². The molecule has 0 spiro atoms. The van der Waals surface area contributed by atoms with Gasteiger partial charge in [0.15, 0.2) is 0 Å². The van der Waals surface area contributed by atoms with Crippen molar-refractivity contribution >= 4 is 22.5 Å². The van der Waals surface area contributed by atoms with Crippen molar-refractivity contribution in [2.45, 2.75) is 0 Å². The number of halogens is 1. The molecule has 0 fully saturated rings. The molecule has 0 aliphatic carbocycles. The number of hydrogen-bond donors (Lipinski definition) is 2. The molecule has 0 atom stereocenters. The first-order valence-corrected chi connectivity index (χ1v) is 2.62. The van der Waals surface area contributed by atoms with Gasteiger partial charge in [0.1, 0.15) is 0 Å². The zero-order chi connectivity index (χ0) is 4.00. The van der Waals surface area contributed by atoms with Gasteiger partial charge in [-0.1, -0.05) is 0 Å². The Morgan fingerprint density at radius 2 is 1.20 bits per heavy atom. The summed E-state index contributed by atoms with van der Waals surface area (Å²) < 4.78 is 0. The molecule has 2 nitrogen and oxygen atoms in total. The van der Waals surface area contributed by atoms with Crippen LogP contribution >= 0.6 is 22.5 Å². The standard InChI is InChI=1S/ClH.H2O2.Rh.S/c;1-2;;/h1H;1-2H;;. The average molecular weight is 205 g/mol. The summed E-state index contributed by atoms with van der Waals surface area (Å²) in [4.78, 5) is 0. The molecular weight excluding hydrogens is 202 g/mol. The first-order valence-electron chi connectivity index (χ1n) is 0.336. The Morgan fingerprint density at radius 1 is 1.20 bits per heavy atom. The summed E-state index contributed by atoms with van der Waals surface area (Å²) in [6, 6.07) is 0. The fourth-order valence-corrected chi connectivity index (χ4v) is 0. The molecule has 0 aromatic rings. The molecule has 5 heteroatoms. The maximum absolute atomic E-state index is 6.00. The van der Waals surface area contributed by atoms with E-state index < -0.39 is 0 Å². The molecule has 0 heterocycles. The van der Waals surface area contributed by atoms with Crippen molar-refractivity contribution in [3.8, 4) is 0 Å². The first-order chi connectivity index (χ1) is 2.00. The van der Waals surface area contributed by atoms with Crippen LogP contribution in [0.4, 0.5) is 0 Å². The zero-order valence-electron chi connectivity index (χ0n) is 2.04. The molecule has 0 rings (SSSR count). The van der Waals surface area contributed by atoms with Gasteiger partial charge in [0.05, 0.1) is 0 Å². The molecule has 2 N–H and O–H groups in total. The summed E-state index contributed by atoms with van der Waals surface area (Å²) in [5, 5.41) is 12.0. The normalized spacial score (nSPS) is 2.20. The molecule has 0 saturated heterocycles. The summed E-state index contributed by atoms with van der Waals surface area (Å²) in [5.41, 5.74) is 0. The van der Waals surface area contributed by atoms with E-state index in [1.807, 2.05) is 0 Å². The molecule has 0 radical (unpaired) electrons. The fraction of sp³-hybridized carbons (Fsp3) is 0. The predicted octanol–water partition coefficient (Wildman–Crippen LogP) is 1.08. The molecule has 5 heavy (non-hydrogen) atoms. The monoisotopic (exact) mass is 205 g/mol. The molecule has 0 aromatic heterocycles. The van der Waals surface area contributed by atoms with Crippen LogP contribution < -0.4 is 0 Å². The Balaban J connectivity index is -0.0000000133. The first kappa shape index (κ1) is 16.6. The van der Waals surface area contributed by atoms with E-state index >= 15 is 0 Å². The van der Waals surface area contributed by atoms with E-state index in [0.29, 0.717) is 0 Å². The third-order valence-corrected chi connectivity index (χ3v) is 0. The van der Waals surface area contributed by atoms with Gasteiger partial charge in [0.2, 0.25) is 0 Å². The van der Waals surface area contributed by atoms with Gasteiger partial charge < -0.3 is 0 Å². The molecule has 0 aromatic carbocycles. The van der Waals surface area contributed by atoms with Gasteiger partial charge in [-0.15, -0.1) is 12.4 Å². The Labute approximate surface area is 49.8 Å². The Morgan fingerprint density at radius 3 is 1.20 bits per heavy atom. The van der Waals surface area contributed by atoms with Gasteiger partial charge in [0.25, 0.3) is 0 Å². The van der Waals surface area contributed by atoms with Crippen LogP contribution in [0, 0.1) is 0 Å². The summed E-state index contributed by atoms with van der Waals surface area (Å²) in [7, 11) is 3.97. The Kier molecular flexibility index (Phi) is 248. The Hall–Kier alpha value is 1.05. The summed E-state index contributed by atoms with van der Waals surface area (Å²) >= 11 is 2.13. The van der Waals surface area contributed by atoms with Crippen LogP contribution in [0.1, 0.15) is 0 Å². The van der Waals surface area contributed by atoms with Crippen LogP contribution in [0.2, 0.25) is 0 Å². The van der Waals surface area contributed by atoms with Crippen LogP contribution in [0.3, 0.4) is 0 Å².